The van der Waals surface area contributed by atoms with Crippen LogP contribution in [0, 0.1) is 10.1 Å². The Morgan fingerprint density at radius 1 is 1.19 bits per heavy atom. The lowest BCUT2D eigenvalue weighted by Gasteiger charge is -2.07. The minimum absolute atomic E-state index is 0.0209. The summed E-state index contributed by atoms with van der Waals surface area (Å²) < 4.78 is 15.6. The Hall–Kier alpha value is -3.39. The lowest BCUT2D eigenvalue weighted by atomic mass is 10.1. The number of methoxy groups -OCH3 is 2. The van der Waals surface area contributed by atoms with Crippen LogP contribution < -0.4 is 9.47 Å². The zero-order chi connectivity index (χ0) is 19.6. The van der Waals surface area contributed by atoms with Gasteiger partial charge < -0.3 is 14.2 Å². The first-order valence-electron chi connectivity index (χ1n) is 7.62. The SMILES string of the molecule is COc1ccc(C=C2N=C(c3ccc(Cl)c([N+](=O)[O-])c3)OC2=O)c(OC)c1. The predicted octanol–water partition coefficient (Wildman–Crippen LogP) is 3.61. The summed E-state index contributed by atoms with van der Waals surface area (Å²) in [4.78, 5) is 26.7. The van der Waals surface area contributed by atoms with Crippen molar-refractivity contribution < 1.29 is 23.9 Å². The average molecular weight is 389 g/mol. The maximum absolute atomic E-state index is 12.1. The summed E-state index contributed by atoms with van der Waals surface area (Å²) in [6, 6.07) is 9.12. The lowest BCUT2D eigenvalue weighted by molar-refractivity contribution is -0.384. The Morgan fingerprint density at radius 3 is 2.63 bits per heavy atom. The van der Waals surface area contributed by atoms with Crippen LogP contribution in [0.25, 0.3) is 6.08 Å². The number of hydrogen-bond acceptors (Lipinski definition) is 7. The Kier molecular flexibility index (Phi) is 5.09. The fourth-order valence-corrected chi connectivity index (χ4v) is 2.59. The van der Waals surface area contributed by atoms with Gasteiger partial charge in [0.2, 0.25) is 5.90 Å². The number of aliphatic imine (C=N–C) groups is 1. The predicted molar refractivity (Wildman–Crippen MR) is 98.3 cm³/mol. The molecule has 0 aliphatic carbocycles. The number of ether oxygens (including phenoxy) is 3. The quantitative estimate of drug-likeness (QED) is 0.335. The molecule has 3 rings (SSSR count). The van der Waals surface area contributed by atoms with E-state index in [1.54, 1.807) is 18.2 Å². The third-order valence-corrected chi connectivity index (χ3v) is 4.06. The van der Waals surface area contributed by atoms with Gasteiger partial charge in [-0.2, -0.15) is 0 Å². The van der Waals surface area contributed by atoms with Gasteiger partial charge in [-0.1, -0.05) is 11.6 Å². The van der Waals surface area contributed by atoms with Crippen molar-refractivity contribution in [2.24, 2.45) is 4.99 Å². The number of carbonyl (C=O) groups excluding carboxylic acids is 1. The number of nitrogens with zero attached hydrogens (tertiary/aromatic N) is 2. The summed E-state index contributed by atoms with van der Waals surface area (Å²) in [7, 11) is 3.02. The van der Waals surface area contributed by atoms with Gasteiger partial charge >= 0.3 is 5.97 Å². The zero-order valence-corrected chi connectivity index (χ0v) is 15.0. The molecular weight excluding hydrogens is 376 g/mol. The second kappa shape index (κ2) is 7.46. The van der Waals surface area contributed by atoms with E-state index in [1.165, 1.54) is 38.5 Å². The highest BCUT2D eigenvalue weighted by Gasteiger charge is 2.26. The van der Waals surface area contributed by atoms with Crippen LogP contribution in [0.5, 0.6) is 11.5 Å². The highest BCUT2D eigenvalue weighted by molar-refractivity contribution is 6.32. The van der Waals surface area contributed by atoms with E-state index in [4.69, 9.17) is 25.8 Å². The molecule has 1 heterocycles. The minimum atomic E-state index is -0.680. The third kappa shape index (κ3) is 3.75. The van der Waals surface area contributed by atoms with Crippen molar-refractivity contribution in [2.75, 3.05) is 14.2 Å². The van der Waals surface area contributed by atoms with E-state index in [2.05, 4.69) is 4.99 Å². The maximum Gasteiger partial charge on any atom is 0.363 e. The van der Waals surface area contributed by atoms with E-state index >= 15 is 0 Å². The zero-order valence-electron chi connectivity index (χ0n) is 14.3. The standard InChI is InChI=1S/C18H13ClN2O6/c1-25-12-5-3-10(16(9-12)26-2)7-14-18(22)27-17(20-14)11-4-6-13(19)15(8-11)21(23)24/h3-9H,1-2H3. The molecule has 2 aromatic carbocycles. The summed E-state index contributed by atoms with van der Waals surface area (Å²) in [5, 5.41) is 11.0. The van der Waals surface area contributed by atoms with Crippen LogP contribution in [-0.2, 0) is 9.53 Å². The molecular formula is C18H13ClN2O6. The number of esters is 1. The molecule has 9 heteroatoms. The van der Waals surface area contributed by atoms with Crippen molar-refractivity contribution in [2.45, 2.75) is 0 Å². The number of nitro groups is 1. The first-order valence-corrected chi connectivity index (χ1v) is 7.99. The summed E-state index contributed by atoms with van der Waals surface area (Å²) >= 11 is 5.80. The Bertz CT molecular complexity index is 999. The van der Waals surface area contributed by atoms with Gasteiger partial charge in [0.05, 0.1) is 19.1 Å². The van der Waals surface area contributed by atoms with Gasteiger partial charge in [-0.25, -0.2) is 9.79 Å². The average Bonchev–Trinajstić information content (AvgIpc) is 3.02. The molecule has 0 N–H and O–H groups in total. The fraction of sp³-hybridized carbons (Fsp3) is 0.111. The number of carbonyl (C=O) groups is 1. The maximum atomic E-state index is 12.1. The van der Waals surface area contributed by atoms with E-state index in [1.807, 2.05) is 0 Å². The van der Waals surface area contributed by atoms with Crippen molar-refractivity contribution >= 4 is 35.2 Å². The van der Waals surface area contributed by atoms with Gasteiger partial charge in [0, 0.05) is 23.3 Å². The molecule has 0 atom stereocenters. The van der Waals surface area contributed by atoms with Crippen LogP contribution in [0.3, 0.4) is 0 Å². The number of hydrogen-bond donors (Lipinski definition) is 0. The normalized spacial score (nSPS) is 14.7. The van der Waals surface area contributed by atoms with Crippen LogP contribution in [0.2, 0.25) is 5.02 Å². The number of benzene rings is 2. The number of nitro benzene ring substituents is 1. The van der Waals surface area contributed by atoms with Crippen molar-refractivity contribution in [3.63, 3.8) is 0 Å². The summed E-state index contributed by atoms with van der Waals surface area (Å²) in [5.41, 5.74) is 0.593. The van der Waals surface area contributed by atoms with Crippen LogP contribution in [0.15, 0.2) is 47.1 Å². The molecule has 0 aromatic heterocycles. The van der Waals surface area contributed by atoms with Crippen molar-refractivity contribution in [3.8, 4) is 11.5 Å². The number of rotatable bonds is 5. The molecule has 0 fully saturated rings. The monoisotopic (exact) mass is 388 g/mol. The molecule has 0 saturated heterocycles. The minimum Gasteiger partial charge on any atom is -0.497 e. The molecule has 0 bridgehead atoms. The molecule has 0 spiro atoms. The number of halogens is 1. The molecule has 1 aliphatic rings. The van der Waals surface area contributed by atoms with Gasteiger partial charge in [0.25, 0.3) is 5.69 Å². The molecule has 8 nitrogen and oxygen atoms in total. The topological polar surface area (TPSA) is 100 Å². The van der Waals surface area contributed by atoms with E-state index in [0.717, 1.165) is 0 Å². The van der Waals surface area contributed by atoms with E-state index in [9.17, 15) is 14.9 Å². The molecule has 2 aromatic rings. The van der Waals surface area contributed by atoms with Gasteiger partial charge in [0.15, 0.2) is 5.70 Å². The van der Waals surface area contributed by atoms with Gasteiger partial charge in [-0.3, -0.25) is 10.1 Å². The van der Waals surface area contributed by atoms with Crippen LogP contribution >= 0.6 is 11.6 Å². The van der Waals surface area contributed by atoms with E-state index < -0.39 is 10.9 Å². The second-order valence-electron chi connectivity index (χ2n) is 5.37. The smallest absolute Gasteiger partial charge is 0.363 e. The van der Waals surface area contributed by atoms with E-state index in [0.29, 0.717) is 17.1 Å². The lowest BCUT2D eigenvalue weighted by Crippen LogP contribution is -2.06. The van der Waals surface area contributed by atoms with Crippen molar-refractivity contribution in [1.82, 2.24) is 0 Å². The molecule has 0 unspecified atom stereocenters. The third-order valence-electron chi connectivity index (χ3n) is 3.74. The molecule has 1 aliphatic heterocycles. The Morgan fingerprint density at radius 2 is 1.96 bits per heavy atom. The highest BCUT2D eigenvalue weighted by atomic mass is 35.5. The highest BCUT2D eigenvalue weighted by Crippen LogP contribution is 2.30. The molecule has 27 heavy (non-hydrogen) atoms. The summed E-state index contributed by atoms with van der Waals surface area (Å²) in [5.74, 6) is 0.361. The molecule has 0 saturated carbocycles. The fourth-order valence-electron chi connectivity index (χ4n) is 2.40. The Balaban J connectivity index is 1.99. The molecule has 0 amide bonds. The van der Waals surface area contributed by atoms with E-state index in [-0.39, 0.29) is 27.9 Å². The van der Waals surface area contributed by atoms with Gasteiger partial charge in [-0.15, -0.1) is 0 Å². The first kappa shape index (κ1) is 18.4. The summed E-state index contributed by atoms with van der Waals surface area (Å²) in [6.45, 7) is 0. The van der Waals surface area contributed by atoms with Crippen LogP contribution in [-0.4, -0.2) is 31.0 Å². The molecule has 138 valence electrons. The largest absolute Gasteiger partial charge is 0.497 e. The van der Waals surface area contributed by atoms with Crippen LogP contribution in [0.4, 0.5) is 5.69 Å². The molecule has 0 radical (unpaired) electrons. The van der Waals surface area contributed by atoms with Gasteiger partial charge in [-0.05, 0) is 30.3 Å². The van der Waals surface area contributed by atoms with Crippen molar-refractivity contribution in [1.29, 1.82) is 0 Å². The number of cyclic esters (lactones) is 1. The van der Waals surface area contributed by atoms with Gasteiger partial charge in [0.1, 0.15) is 16.5 Å². The van der Waals surface area contributed by atoms with Crippen molar-refractivity contribution in [3.05, 3.63) is 68.4 Å². The summed E-state index contributed by atoms with van der Waals surface area (Å²) in [6.07, 6.45) is 1.50. The first-order chi connectivity index (χ1) is 12.9. The Labute approximate surface area is 158 Å². The second-order valence-corrected chi connectivity index (χ2v) is 5.77. The van der Waals surface area contributed by atoms with Crippen LogP contribution in [0.1, 0.15) is 11.1 Å².